The number of hydrogen-bond acceptors (Lipinski definition) is 3. The lowest BCUT2D eigenvalue weighted by atomic mass is 10.1. The van der Waals surface area contributed by atoms with Crippen LogP contribution in [0.5, 0.6) is 0 Å². The Kier molecular flexibility index (Phi) is 4.76. The van der Waals surface area contributed by atoms with Gasteiger partial charge in [-0.05, 0) is 32.0 Å². The molecule has 0 bridgehead atoms. The zero-order valence-corrected chi connectivity index (χ0v) is 11.8. The van der Waals surface area contributed by atoms with E-state index in [1.54, 1.807) is 27.0 Å². The van der Waals surface area contributed by atoms with Crippen LogP contribution in [0.4, 0.5) is 10.5 Å². The highest BCUT2D eigenvalue weighted by molar-refractivity contribution is 6.32. The second-order valence-electron chi connectivity index (χ2n) is 4.91. The molecule has 19 heavy (non-hydrogen) atoms. The first-order valence-corrected chi connectivity index (χ1v) is 6.05. The van der Waals surface area contributed by atoms with Gasteiger partial charge in [0.15, 0.2) is 0 Å². The predicted octanol–water partition coefficient (Wildman–Crippen LogP) is 2.45. The molecule has 0 spiro atoms. The van der Waals surface area contributed by atoms with E-state index >= 15 is 0 Å². The van der Waals surface area contributed by atoms with E-state index < -0.39 is 5.60 Å². The van der Waals surface area contributed by atoms with Gasteiger partial charge in [0.1, 0.15) is 6.07 Å². The highest BCUT2D eigenvalue weighted by Crippen LogP contribution is 2.20. The van der Waals surface area contributed by atoms with Gasteiger partial charge >= 0.3 is 6.03 Å². The van der Waals surface area contributed by atoms with Gasteiger partial charge in [-0.3, -0.25) is 0 Å². The average Bonchev–Trinajstić information content (AvgIpc) is 2.27. The Balaban J connectivity index is 2.72. The lowest BCUT2D eigenvalue weighted by Crippen LogP contribution is -2.41. The Bertz CT molecular complexity index is 518. The largest absolute Gasteiger partial charge is 0.389 e. The summed E-state index contributed by atoms with van der Waals surface area (Å²) in [5.74, 6) is 0. The molecule has 0 radical (unpaired) electrons. The first kappa shape index (κ1) is 15.3. The van der Waals surface area contributed by atoms with Crippen LogP contribution in [0.2, 0.25) is 5.02 Å². The third kappa shape index (κ3) is 4.78. The molecule has 0 saturated heterocycles. The zero-order valence-electron chi connectivity index (χ0n) is 11.1. The zero-order chi connectivity index (χ0) is 14.6. The summed E-state index contributed by atoms with van der Waals surface area (Å²) < 4.78 is 0. The van der Waals surface area contributed by atoms with Crippen molar-refractivity contribution in [2.24, 2.45) is 0 Å². The van der Waals surface area contributed by atoms with Gasteiger partial charge in [-0.15, -0.1) is 0 Å². The normalized spacial score (nSPS) is 10.7. The molecule has 1 aromatic carbocycles. The van der Waals surface area contributed by atoms with Crippen LogP contribution in [0.15, 0.2) is 18.2 Å². The van der Waals surface area contributed by atoms with Crippen molar-refractivity contribution in [3.05, 3.63) is 28.8 Å². The molecule has 0 unspecified atom stereocenters. The minimum absolute atomic E-state index is 0.197. The third-order valence-electron chi connectivity index (χ3n) is 2.31. The summed E-state index contributed by atoms with van der Waals surface area (Å²) in [4.78, 5) is 13.2. The van der Waals surface area contributed by atoms with E-state index in [9.17, 15) is 9.90 Å². The number of nitrogens with one attached hydrogen (secondary N) is 1. The quantitative estimate of drug-likeness (QED) is 0.893. The molecule has 0 aliphatic carbocycles. The number of aliphatic hydroxyl groups is 1. The number of benzene rings is 1. The van der Waals surface area contributed by atoms with Crippen LogP contribution in [0.3, 0.4) is 0 Å². The van der Waals surface area contributed by atoms with Crippen molar-refractivity contribution in [1.82, 2.24) is 4.90 Å². The molecule has 2 amide bonds. The highest BCUT2D eigenvalue weighted by atomic mass is 35.5. The molecular weight excluding hydrogens is 266 g/mol. The molecule has 0 heterocycles. The summed E-state index contributed by atoms with van der Waals surface area (Å²) in [6.45, 7) is 3.44. The van der Waals surface area contributed by atoms with Gasteiger partial charge in [-0.1, -0.05) is 11.6 Å². The van der Waals surface area contributed by atoms with E-state index in [4.69, 9.17) is 16.9 Å². The molecule has 2 N–H and O–H groups in total. The Morgan fingerprint density at radius 3 is 2.68 bits per heavy atom. The van der Waals surface area contributed by atoms with Crippen molar-refractivity contribution in [3.8, 4) is 6.07 Å². The van der Waals surface area contributed by atoms with Crippen molar-refractivity contribution < 1.29 is 9.90 Å². The first-order chi connectivity index (χ1) is 8.73. The van der Waals surface area contributed by atoms with Crippen LogP contribution in [0.1, 0.15) is 19.4 Å². The molecule has 0 atom stereocenters. The highest BCUT2D eigenvalue weighted by Gasteiger charge is 2.19. The molecular formula is C13H16ClN3O2. The molecule has 0 fully saturated rings. The molecule has 102 valence electrons. The predicted molar refractivity (Wildman–Crippen MR) is 74.1 cm³/mol. The maximum atomic E-state index is 11.9. The van der Waals surface area contributed by atoms with Gasteiger partial charge in [0.05, 0.1) is 22.7 Å². The van der Waals surface area contributed by atoms with Crippen LogP contribution >= 0.6 is 11.6 Å². The van der Waals surface area contributed by atoms with E-state index in [1.165, 1.54) is 17.0 Å². The maximum Gasteiger partial charge on any atom is 0.321 e. The minimum atomic E-state index is -0.964. The number of anilines is 1. The number of nitriles is 1. The van der Waals surface area contributed by atoms with Gasteiger partial charge in [-0.2, -0.15) is 5.26 Å². The van der Waals surface area contributed by atoms with Gasteiger partial charge < -0.3 is 15.3 Å². The van der Waals surface area contributed by atoms with Crippen molar-refractivity contribution >= 4 is 23.3 Å². The van der Waals surface area contributed by atoms with Crippen molar-refractivity contribution in [2.75, 3.05) is 18.9 Å². The van der Waals surface area contributed by atoms with Crippen molar-refractivity contribution in [3.63, 3.8) is 0 Å². The Morgan fingerprint density at radius 2 is 2.21 bits per heavy atom. The van der Waals surface area contributed by atoms with E-state index in [0.717, 1.165) is 0 Å². The molecule has 0 aliphatic heterocycles. The second-order valence-corrected chi connectivity index (χ2v) is 5.31. The van der Waals surface area contributed by atoms with Crippen molar-refractivity contribution in [1.29, 1.82) is 5.26 Å². The summed E-state index contributed by atoms with van der Waals surface area (Å²) in [5, 5.41) is 21.3. The van der Waals surface area contributed by atoms with E-state index in [0.29, 0.717) is 11.3 Å². The molecule has 1 rings (SSSR count). The van der Waals surface area contributed by atoms with Crippen LogP contribution < -0.4 is 5.32 Å². The van der Waals surface area contributed by atoms with Crippen LogP contribution in [0.25, 0.3) is 0 Å². The summed E-state index contributed by atoms with van der Waals surface area (Å²) in [7, 11) is 1.58. The number of carbonyl (C=O) groups excluding carboxylic acids is 1. The lowest BCUT2D eigenvalue weighted by molar-refractivity contribution is 0.0550. The number of amides is 2. The Morgan fingerprint density at radius 1 is 1.58 bits per heavy atom. The lowest BCUT2D eigenvalue weighted by Gasteiger charge is -2.25. The summed E-state index contributed by atoms with van der Waals surface area (Å²) in [6, 6.07) is 6.23. The minimum Gasteiger partial charge on any atom is -0.389 e. The number of urea groups is 1. The summed E-state index contributed by atoms with van der Waals surface area (Å²) >= 11 is 5.87. The molecule has 1 aromatic rings. The van der Waals surface area contributed by atoms with E-state index in [-0.39, 0.29) is 17.6 Å². The third-order valence-corrected chi connectivity index (χ3v) is 2.62. The maximum absolute atomic E-state index is 11.9. The van der Waals surface area contributed by atoms with Crippen LogP contribution in [0, 0.1) is 11.3 Å². The second kappa shape index (κ2) is 5.91. The number of rotatable bonds is 3. The first-order valence-electron chi connectivity index (χ1n) is 5.67. The number of likely N-dealkylation sites (N-methyl/N-ethyl adjacent to an activating group) is 1. The molecule has 6 heteroatoms. The number of halogens is 1. The standard InChI is InChI=1S/C13H16ClN3O2/c1-13(2,19)8-17(3)12(18)16-10-5-4-9(7-15)11(14)6-10/h4-6,19H,8H2,1-3H3,(H,16,18). The fraction of sp³-hybridized carbons (Fsp3) is 0.385. The van der Waals surface area contributed by atoms with Gasteiger partial charge in [0, 0.05) is 12.7 Å². The molecule has 0 saturated carbocycles. The fourth-order valence-corrected chi connectivity index (χ4v) is 1.78. The summed E-state index contributed by atoms with van der Waals surface area (Å²) in [5.41, 5.74) is -0.116. The number of hydrogen-bond donors (Lipinski definition) is 2. The summed E-state index contributed by atoms with van der Waals surface area (Å²) in [6.07, 6.45) is 0. The average molecular weight is 282 g/mol. The number of carbonyl (C=O) groups is 1. The Hall–Kier alpha value is -1.77. The van der Waals surface area contributed by atoms with Gasteiger partial charge in [-0.25, -0.2) is 4.79 Å². The molecule has 5 nitrogen and oxygen atoms in total. The van der Waals surface area contributed by atoms with Gasteiger partial charge in [0.2, 0.25) is 0 Å². The monoisotopic (exact) mass is 281 g/mol. The van der Waals surface area contributed by atoms with Gasteiger partial charge in [0.25, 0.3) is 0 Å². The van der Waals surface area contributed by atoms with E-state index in [2.05, 4.69) is 5.32 Å². The number of nitrogens with zero attached hydrogens (tertiary/aromatic N) is 2. The SMILES string of the molecule is CN(CC(C)(C)O)C(=O)Nc1ccc(C#N)c(Cl)c1. The molecule has 0 aromatic heterocycles. The topological polar surface area (TPSA) is 76.4 Å². The van der Waals surface area contributed by atoms with E-state index in [1.807, 2.05) is 6.07 Å². The fourth-order valence-electron chi connectivity index (χ4n) is 1.55. The Labute approximate surface area is 117 Å². The van der Waals surface area contributed by atoms with Crippen LogP contribution in [-0.2, 0) is 0 Å². The van der Waals surface area contributed by atoms with Crippen molar-refractivity contribution in [2.45, 2.75) is 19.4 Å². The van der Waals surface area contributed by atoms with Crippen LogP contribution in [-0.4, -0.2) is 35.2 Å². The molecule has 0 aliphatic rings. The smallest absolute Gasteiger partial charge is 0.321 e.